The molecule has 0 spiro atoms. The van der Waals surface area contributed by atoms with E-state index >= 15 is 0 Å². The maximum atomic E-state index is 13.0. The first-order valence-electron chi connectivity index (χ1n) is 12.1. The van der Waals surface area contributed by atoms with E-state index in [2.05, 4.69) is 22.1 Å². The van der Waals surface area contributed by atoms with Crippen LogP contribution in [0.15, 0.2) is 77.8 Å². The minimum Gasteiger partial charge on any atom is -0.483 e. The molecule has 0 fully saturated rings. The molecule has 8 nitrogen and oxygen atoms in total. The number of thioether (sulfide) groups is 1. The fourth-order valence-electron chi connectivity index (χ4n) is 3.78. The number of rotatable bonds is 12. The number of hydrogen-bond donors (Lipinski definition) is 1. The lowest BCUT2D eigenvalue weighted by atomic mass is 10.0. The summed E-state index contributed by atoms with van der Waals surface area (Å²) in [7, 11) is 0. The zero-order valence-electron chi connectivity index (χ0n) is 21.4. The Labute approximate surface area is 240 Å². The molecule has 1 amide bonds. The standard InChI is InChI=1S/C28H27ClN4O4S2/c1-4-14-33-25(18(3)37-21-13-9-12-20(29)15-21)31-32-28(33)39-17-23(34)30-26-24(27(35)36-5-2)22(16-38-26)19-10-7-6-8-11-19/h4,6-13,15-16,18H,1,5,14,17H2,2-3H3,(H,30,34). The third kappa shape index (κ3) is 7.08. The zero-order chi connectivity index (χ0) is 27.8. The van der Waals surface area contributed by atoms with Gasteiger partial charge < -0.3 is 14.8 Å². The molecule has 1 N–H and O–H groups in total. The van der Waals surface area contributed by atoms with Gasteiger partial charge in [-0.2, -0.15) is 0 Å². The maximum Gasteiger partial charge on any atom is 0.341 e. The number of halogens is 1. The van der Waals surface area contributed by atoms with E-state index in [0.29, 0.717) is 44.4 Å². The summed E-state index contributed by atoms with van der Waals surface area (Å²) in [4.78, 5) is 25.7. The summed E-state index contributed by atoms with van der Waals surface area (Å²) in [6.45, 7) is 8.10. The van der Waals surface area contributed by atoms with Crippen molar-refractivity contribution in [1.29, 1.82) is 0 Å². The summed E-state index contributed by atoms with van der Waals surface area (Å²) < 4.78 is 13.1. The first kappa shape index (κ1) is 28.4. The number of thiophene rings is 1. The number of allylic oxidation sites excluding steroid dienone is 1. The number of nitrogens with zero attached hydrogens (tertiary/aromatic N) is 3. The third-order valence-electron chi connectivity index (χ3n) is 5.47. The topological polar surface area (TPSA) is 95.3 Å². The van der Waals surface area contributed by atoms with Crippen LogP contribution in [0.5, 0.6) is 5.75 Å². The molecule has 0 saturated heterocycles. The summed E-state index contributed by atoms with van der Waals surface area (Å²) in [5, 5.41) is 14.9. The quantitative estimate of drug-likeness (QED) is 0.110. The van der Waals surface area contributed by atoms with Crippen LogP contribution in [0.25, 0.3) is 11.1 Å². The fraction of sp³-hybridized carbons (Fsp3) is 0.214. The van der Waals surface area contributed by atoms with Crippen molar-refractivity contribution < 1.29 is 19.1 Å². The number of carbonyl (C=O) groups is 2. The minimum absolute atomic E-state index is 0.0552. The molecular weight excluding hydrogens is 556 g/mol. The van der Waals surface area contributed by atoms with E-state index in [1.54, 1.807) is 25.1 Å². The van der Waals surface area contributed by atoms with Crippen LogP contribution in [0.4, 0.5) is 5.00 Å². The monoisotopic (exact) mass is 582 g/mol. The third-order valence-corrected chi connectivity index (χ3v) is 7.57. The number of hydrogen-bond acceptors (Lipinski definition) is 8. The van der Waals surface area contributed by atoms with Crippen molar-refractivity contribution in [2.45, 2.75) is 31.7 Å². The van der Waals surface area contributed by atoms with Gasteiger partial charge in [0, 0.05) is 22.5 Å². The molecule has 202 valence electrons. The second-order valence-electron chi connectivity index (χ2n) is 8.23. The highest BCUT2D eigenvalue weighted by Crippen LogP contribution is 2.36. The van der Waals surface area contributed by atoms with Crippen molar-refractivity contribution in [1.82, 2.24) is 14.8 Å². The number of ether oxygens (including phenoxy) is 2. The maximum absolute atomic E-state index is 13.0. The van der Waals surface area contributed by atoms with Crippen LogP contribution in [-0.2, 0) is 16.1 Å². The number of aromatic nitrogens is 3. The Morgan fingerprint density at radius 3 is 2.72 bits per heavy atom. The van der Waals surface area contributed by atoms with Crippen LogP contribution in [0.3, 0.4) is 0 Å². The molecule has 0 aliphatic heterocycles. The summed E-state index contributed by atoms with van der Waals surface area (Å²) in [6, 6.07) is 16.6. The van der Waals surface area contributed by atoms with Crippen LogP contribution in [0.2, 0.25) is 5.02 Å². The van der Waals surface area contributed by atoms with E-state index in [0.717, 1.165) is 5.56 Å². The van der Waals surface area contributed by atoms with Gasteiger partial charge in [-0.25, -0.2) is 4.79 Å². The van der Waals surface area contributed by atoms with Crippen LogP contribution in [-0.4, -0.2) is 39.0 Å². The number of nitrogens with one attached hydrogen (secondary N) is 1. The highest BCUT2D eigenvalue weighted by molar-refractivity contribution is 7.99. The van der Waals surface area contributed by atoms with Crippen LogP contribution < -0.4 is 10.1 Å². The van der Waals surface area contributed by atoms with Gasteiger partial charge in [0.1, 0.15) is 16.3 Å². The average Bonchev–Trinajstić information content (AvgIpc) is 3.52. The smallest absolute Gasteiger partial charge is 0.341 e. The van der Waals surface area contributed by atoms with Gasteiger partial charge in [0.2, 0.25) is 5.91 Å². The summed E-state index contributed by atoms with van der Waals surface area (Å²) in [6.07, 6.45) is 1.31. The summed E-state index contributed by atoms with van der Waals surface area (Å²) >= 11 is 8.58. The lowest BCUT2D eigenvalue weighted by Gasteiger charge is -2.16. The summed E-state index contributed by atoms with van der Waals surface area (Å²) in [5.41, 5.74) is 1.92. The molecule has 11 heteroatoms. The Balaban J connectivity index is 1.48. The largest absolute Gasteiger partial charge is 0.483 e. The lowest BCUT2D eigenvalue weighted by molar-refractivity contribution is -0.113. The number of benzene rings is 2. The molecule has 2 aromatic heterocycles. The highest BCUT2D eigenvalue weighted by atomic mass is 35.5. The second-order valence-corrected chi connectivity index (χ2v) is 10.5. The predicted molar refractivity (Wildman–Crippen MR) is 156 cm³/mol. The van der Waals surface area contributed by atoms with Crippen molar-refractivity contribution in [2.75, 3.05) is 17.7 Å². The van der Waals surface area contributed by atoms with E-state index < -0.39 is 12.1 Å². The Morgan fingerprint density at radius 1 is 1.21 bits per heavy atom. The minimum atomic E-state index is -0.482. The molecule has 0 saturated carbocycles. The molecule has 0 aliphatic rings. The Bertz CT molecular complexity index is 1460. The van der Waals surface area contributed by atoms with Gasteiger partial charge in [-0.15, -0.1) is 28.1 Å². The Hall–Kier alpha value is -3.60. The number of esters is 1. The van der Waals surface area contributed by atoms with Gasteiger partial charge in [-0.3, -0.25) is 9.36 Å². The summed E-state index contributed by atoms with van der Waals surface area (Å²) in [5.74, 6) is 0.488. The molecule has 1 unspecified atom stereocenters. The zero-order valence-corrected chi connectivity index (χ0v) is 23.8. The molecule has 2 heterocycles. The van der Waals surface area contributed by atoms with Crippen molar-refractivity contribution in [2.24, 2.45) is 0 Å². The molecular formula is C28H27ClN4O4S2. The van der Waals surface area contributed by atoms with Gasteiger partial charge in [0.05, 0.1) is 12.4 Å². The molecule has 39 heavy (non-hydrogen) atoms. The second kappa shape index (κ2) is 13.5. The van der Waals surface area contributed by atoms with Crippen molar-refractivity contribution in [3.8, 4) is 16.9 Å². The van der Waals surface area contributed by atoms with Gasteiger partial charge in [-0.1, -0.05) is 65.8 Å². The molecule has 2 aromatic carbocycles. The molecule has 0 bridgehead atoms. The number of anilines is 1. The van der Waals surface area contributed by atoms with E-state index in [1.165, 1.54) is 23.1 Å². The van der Waals surface area contributed by atoms with E-state index in [-0.39, 0.29) is 18.3 Å². The number of carbonyl (C=O) groups excluding carboxylic acids is 2. The molecule has 0 aliphatic carbocycles. The fourth-order valence-corrected chi connectivity index (χ4v) is 5.69. The highest BCUT2D eigenvalue weighted by Gasteiger charge is 2.24. The first-order chi connectivity index (χ1) is 18.9. The van der Waals surface area contributed by atoms with Crippen LogP contribution >= 0.6 is 34.7 Å². The Kier molecular flexibility index (Phi) is 9.80. The first-order valence-corrected chi connectivity index (χ1v) is 14.4. The Morgan fingerprint density at radius 2 is 2.00 bits per heavy atom. The normalized spacial score (nSPS) is 11.6. The van der Waals surface area contributed by atoms with Gasteiger partial charge in [0.15, 0.2) is 17.1 Å². The van der Waals surface area contributed by atoms with Crippen molar-refractivity contribution >= 4 is 51.6 Å². The van der Waals surface area contributed by atoms with Gasteiger partial charge in [-0.05, 0) is 37.6 Å². The molecule has 4 aromatic rings. The van der Waals surface area contributed by atoms with Gasteiger partial charge >= 0.3 is 5.97 Å². The average molecular weight is 583 g/mol. The number of amides is 1. The van der Waals surface area contributed by atoms with Gasteiger partial charge in [0.25, 0.3) is 0 Å². The van der Waals surface area contributed by atoms with E-state index in [1.807, 2.05) is 59.3 Å². The predicted octanol–water partition coefficient (Wildman–Crippen LogP) is 6.89. The SMILES string of the molecule is C=CCn1c(SCC(=O)Nc2scc(-c3ccccc3)c2C(=O)OCC)nnc1C(C)Oc1cccc(Cl)c1. The van der Waals surface area contributed by atoms with Crippen LogP contribution in [0, 0.1) is 0 Å². The molecule has 1 atom stereocenters. The van der Waals surface area contributed by atoms with Crippen LogP contribution in [0.1, 0.15) is 36.1 Å². The lowest BCUT2D eigenvalue weighted by Crippen LogP contribution is -2.17. The van der Waals surface area contributed by atoms with E-state index in [9.17, 15) is 9.59 Å². The molecule has 0 radical (unpaired) electrons. The van der Waals surface area contributed by atoms with Crippen molar-refractivity contribution in [3.05, 3.63) is 89.0 Å². The molecule has 4 rings (SSSR count). The van der Waals surface area contributed by atoms with E-state index in [4.69, 9.17) is 21.1 Å². The van der Waals surface area contributed by atoms with Crippen molar-refractivity contribution in [3.63, 3.8) is 0 Å².